The van der Waals surface area contributed by atoms with Crippen molar-refractivity contribution in [2.24, 2.45) is 5.84 Å². The van der Waals surface area contributed by atoms with Gasteiger partial charge in [-0.25, -0.2) is 0 Å². The highest BCUT2D eigenvalue weighted by molar-refractivity contribution is 5.14. The van der Waals surface area contributed by atoms with Crippen molar-refractivity contribution in [2.45, 2.75) is 45.1 Å². The molecule has 84 valence electrons. The maximum atomic E-state index is 5.55. The lowest BCUT2D eigenvalue weighted by atomic mass is 10.0. The summed E-state index contributed by atoms with van der Waals surface area (Å²) < 4.78 is 0. The van der Waals surface area contributed by atoms with Gasteiger partial charge in [-0.1, -0.05) is 32.6 Å². The molecule has 0 aromatic carbocycles. The van der Waals surface area contributed by atoms with Gasteiger partial charge in [-0.05, 0) is 24.1 Å². The summed E-state index contributed by atoms with van der Waals surface area (Å²) in [6.07, 6.45) is 9.83. The average molecular weight is 207 g/mol. The van der Waals surface area contributed by atoms with Crippen molar-refractivity contribution >= 4 is 0 Å². The normalized spacial score (nSPS) is 12.7. The van der Waals surface area contributed by atoms with Gasteiger partial charge in [-0.3, -0.25) is 16.3 Å². The number of rotatable bonds is 7. The molecule has 15 heavy (non-hydrogen) atoms. The Kier molecular flexibility index (Phi) is 5.97. The lowest BCUT2D eigenvalue weighted by molar-refractivity contribution is 0.481. The van der Waals surface area contributed by atoms with Gasteiger partial charge in [0, 0.05) is 18.4 Å². The molecule has 1 aromatic rings. The summed E-state index contributed by atoms with van der Waals surface area (Å²) in [6.45, 7) is 2.22. The quantitative estimate of drug-likeness (QED) is 0.410. The fraction of sp³-hybridized carbons (Fsp3) is 0.583. The predicted molar refractivity (Wildman–Crippen MR) is 63.1 cm³/mol. The SMILES string of the molecule is CCCCCCC(NN)c1ccncc1. The van der Waals surface area contributed by atoms with Gasteiger partial charge in [-0.2, -0.15) is 0 Å². The lowest BCUT2D eigenvalue weighted by Gasteiger charge is -2.15. The van der Waals surface area contributed by atoms with E-state index in [9.17, 15) is 0 Å². The Morgan fingerprint density at radius 1 is 1.27 bits per heavy atom. The van der Waals surface area contributed by atoms with Gasteiger partial charge in [-0.15, -0.1) is 0 Å². The van der Waals surface area contributed by atoms with E-state index in [1.807, 2.05) is 24.5 Å². The second-order valence-corrected chi connectivity index (χ2v) is 3.85. The molecule has 0 radical (unpaired) electrons. The molecule has 1 unspecified atom stereocenters. The number of nitrogens with one attached hydrogen (secondary N) is 1. The van der Waals surface area contributed by atoms with Crippen LogP contribution in [0.2, 0.25) is 0 Å². The second kappa shape index (κ2) is 7.37. The number of hydrogen-bond donors (Lipinski definition) is 2. The summed E-state index contributed by atoms with van der Waals surface area (Å²) >= 11 is 0. The van der Waals surface area contributed by atoms with Crippen molar-refractivity contribution in [2.75, 3.05) is 0 Å². The molecule has 0 aliphatic heterocycles. The molecule has 0 fully saturated rings. The first kappa shape index (κ1) is 12.1. The minimum atomic E-state index is 0.268. The summed E-state index contributed by atoms with van der Waals surface area (Å²) in [5.41, 5.74) is 4.09. The third-order valence-electron chi connectivity index (χ3n) is 2.66. The van der Waals surface area contributed by atoms with Crippen LogP contribution in [0, 0.1) is 0 Å². The molecule has 0 aliphatic rings. The Labute approximate surface area is 92.1 Å². The van der Waals surface area contributed by atoms with Crippen molar-refractivity contribution in [1.82, 2.24) is 10.4 Å². The molecule has 1 rings (SSSR count). The number of nitrogens with two attached hydrogens (primary N) is 1. The fourth-order valence-corrected chi connectivity index (χ4v) is 1.72. The highest BCUT2D eigenvalue weighted by atomic mass is 15.2. The van der Waals surface area contributed by atoms with Crippen LogP contribution >= 0.6 is 0 Å². The third-order valence-corrected chi connectivity index (χ3v) is 2.66. The molecule has 3 N–H and O–H groups in total. The summed E-state index contributed by atoms with van der Waals surface area (Å²) in [4.78, 5) is 4.00. The minimum absolute atomic E-state index is 0.268. The standard InChI is InChI=1S/C12H21N3/c1-2-3-4-5-6-12(15-13)11-7-9-14-10-8-11/h7-10,12,15H,2-6,13H2,1H3. The van der Waals surface area contributed by atoms with Crippen molar-refractivity contribution in [3.05, 3.63) is 30.1 Å². The molecular weight excluding hydrogens is 186 g/mol. The molecule has 1 heterocycles. The highest BCUT2D eigenvalue weighted by Gasteiger charge is 2.07. The molecule has 0 saturated heterocycles. The smallest absolute Gasteiger partial charge is 0.0461 e. The molecule has 3 heteroatoms. The van der Waals surface area contributed by atoms with Crippen LogP contribution in [0.15, 0.2) is 24.5 Å². The van der Waals surface area contributed by atoms with E-state index in [0.29, 0.717) is 0 Å². The van der Waals surface area contributed by atoms with Gasteiger partial charge in [0.2, 0.25) is 0 Å². The molecule has 1 aromatic heterocycles. The molecule has 0 spiro atoms. The Balaban J connectivity index is 2.36. The maximum Gasteiger partial charge on any atom is 0.0461 e. The average Bonchev–Trinajstić information content (AvgIpc) is 2.30. The van der Waals surface area contributed by atoms with Crippen LogP contribution < -0.4 is 11.3 Å². The van der Waals surface area contributed by atoms with Crippen LogP contribution in [-0.4, -0.2) is 4.98 Å². The van der Waals surface area contributed by atoms with Crippen LogP contribution in [-0.2, 0) is 0 Å². The predicted octanol–water partition coefficient (Wildman–Crippen LogP) is 2.56. The van der Waals surface area contributed by atoms with Gasteiger partial charge in [0.25, 0.3) is 0 Å². The van der Waals surface area contributed by atoms with E-state index in [2.05, 4.69) is 17.3 Å². The summed E-state index contributed by atoms with van der Waals surface area (Å²) in [5, 5.41) is 0. The van der Waals surface area contributed by atoms with E-state index < -0.39 is 0 Å². The van der Waals surface area contributed by atoms with Crippen LogP contribution in [0.5, 0.6) is 0 Å². The van der Waals surface area contributed by atoms with Crippen molar-refractivity contribution in [3.63, 3.8) is 0 Å². The number of nitrogens with zero attached hydrogens (tertiary/aromatic N) is 1. The summed E-state index contributed by atoms with van der Waals surface area (Å²) in [7, 11) is 0. The number of aromatic nitrogens is 1. The van der Waals surface area contributed by atoms with Crippen molar-refractivity contribution in [1.29, 1.82) is 0 Å². The first-order chi connectivity index (χ1) is 7.38. The fourth-order valence-electron chi connectivity index (χ4n) is 1.72. The van der Waals surface area contributed by atoms with Gasteiger partial charge >= 0.3 is 0 Å². The Hall–Kier alpha value is -0.930. The molecule has 3 nitrogen and oxygen atoms in total. The second-order valence-electron chi connectivity index (χ2n) is 3.85. The first-order valence-electron chi connectivity index (χ1n) is 5.74. The van der Waals surface area contributed by atoms with Crippen molar-refractivity contribution in [3.8, 4) is 0 Å². The largest absolute Gasteiger partial charge is 0.271 e. The van der Waals surface area contributed by atoms with E-state index in [-0.39, 0.29) is 6.04 Å². The molecular formula is C12H21N3. The molecule has 0 bridgehead atoms. The molecule has 0 amide bonds. The highest BCUT2D eigenvalue weighted by Crippen LogP contribution is 2.18. The zero-order valence-electron chi connectivity index (χ0n) is 9.45. The Morgan fingerprint density at radius 2 is 2.00 bits per heavy atom. The van der Waals surface area contributed by atoms with E-state index in [1.165, 1.54) is 31.2 Å². The van der Waals surface area contributed by atoms with Gasteiger partial charge in [0.05, 0.1) is 0 Å². The van der Waals surface area contributed by atoms with Gasteiger partial charge in [0.15, 0.2) is 0 Å². The van der Waals surface area contributed by atoms with E-state index >= 15 is 0 Å². The third kappa shape index (κ3) is 4.40. The zero-order valence-corrected chi connectivity index (χ0v) is 9.45. The Bertz CT molecular complexity index is 248. The monoisotopic (exact) mass is 207 g/mol. The van der Waals surface area contributed by atoms with E-state index in [1.54, 1.807) is 0 Å². The summed E-state index contributed by atoms with van der Waals surface area (Å²) in [5.74, 6) is 5.55. The number of unbranched alkanes of at least 4 members (excludes halogenated alkanes) is 3. The first-order valence-corrected chi connectivity index (χ1v) is 5.74. The number of pyridine rings is 1. The lowest BCUT2D eigenvalue weighted by Crippen LogP contribution is -2.27. The topological polar surface area (TPSA) is 50.9 Å². The van der Waals surface area contributed by atoms with Gasteiger partial charge < -0.3 is 0 Å². The minimum Gasteiger partial charge on any atom is -0.271 e. The summed E-state index contributed by atoms with van der Waals surface area (Å²) in [6, 6.07) is 4.30. The van der Waals surface area contributed by atoms with E-state index in [0.717, 1.165) is 6.42 Å². The van der Waals surface area contributed by atoms with Crippen LogP contribution in [0.25, 0.3) is 0 Å². The number of hydrogen-bond acceptors (Lipinski definition) is 3. The molecule has 0 saturated carbocycles. The van der Waals surface area contributed by atoms with Crippen LogP contribution in [0.4, 0.5) is 0 Å². The van der Waals surface area contributed by atoms with E-state index in [4.69, 9.17) is 5.84 Å². The maximum absolute atomic E-state index is 5.55. The zero-order chi connectivity index (χ0) is 10.9. The van der Waals surface area contributed by atoms with Crippen LogP contribution in [0.3, 0.4) is 0 Å². The van der Waals surface area contributed by atoms with Crippen molar-refractivity contribution < 1.29 is 0 Å². The number of hydrazine groups is 1. The molecule has 1 atom stereocenters. The Morgan fingerprint density at radius 3 is 2.60 bits per heavy atom. The van der Waals surface area contributed by atoms with Crippen LogP contribution in [0.1, 0.15) is 50.6 Å². The van der Waals surface area contributed by atoms with Gasteiger partial charge in [0.1, 0.15) is 0 Å². The molecule has 0 aliphatic carbocycles.